The Morgan fingerprint density at radius 2 is 1.69 bits per heavy atom. The number of nitrogens with one attached hydrogen (secondary N) is 2. The minimum Gasteiger partial charge on any atom is -0.390 e. The zero-order valence-electron chi connectivity index (χ0n) is 20.0. The number of aromatic nitrogens is 1. The molecule has 7 heteroatoms. The summed E-state index contributed by atoms with van der Waals surface area (Å²) in [7, 11) is 0. The van der Waals surface area contributed by atoms with Crippen LogP contribution in [-0.4, -0.2) is 34.7 Å². The number of amides is 1. The van der Waals surface area contributed by atoms with Gasteiger partial charge in [-0.1, -0.05) is 49.4 Å². The Labute approximate surface area is 209 Å². The molecule has 1 heterocycles. The number of fused-ring (bicyclic) bond motifs is 1. The van der Waals surface area contributed by atoms with E-state index >= 15 is 0 Å². The molecule has 3 aromatic carbocycles. The number of carbonyl (C=O) groups is 1. The molecule has 3 N–H and O–H groups in total. The molecule has 0 saturated carbocycles. The number of para-hydroxylation sites is 1. The van der Waals surface area contributed by atoms with Crippen molar-refractivity contribution in [2.75, 3.05) is 6.54 Å². The first-order chi connectivity index (χ1) is 17.4. The smallest absolute Gasteiger partial charge is 0.252 e. The molecule has 4 rings (SSSR count). The maximum Gasteiger partial charge on any atom is 0.252 e. The molecule has 1 aromatic heterocycles. The van der Waals surface area contributed by atoms with Gasteiger partial charge in [-0.25, -0.2) is 8.78 Å². The van der Waals surface area contributed by atoms with Crippen LogP contribution in [0.25, 0.3) is 10.9 Å². The highest BCUT2D eigenvalue weighted by Gasteiger charge is 2.24. The predicted molar refractivity (Wildman–Crippen MR) is 137 cm³/mol. The molecular formula is C29H29F2N3O2. The van der Waals surface area contributed by atoms with Crippen molar-refractivity contribution in [2.45, 2.75) is 38.5 Å². The van der Waals surface area contributed by atoms with Gasteiger partial charge in [0.1, 0.15) is 11.6 Å². The zero-order valence-corrected chi connectivity index (χ0v) is 20.0. The van der Waals surface area contributed by atoms with Crippen LogP contribution in [0.15, 0.2) is 79.0 Å². The summed E-state index contributed by atoms with van der Waals surface area (Å²) in [6.45, 7) is 2.80. The second kappa shape index (κ2) is 11.8. The molecule has 186 valence electrons. The average molecular weight is 490 g/mol. The standard InChI is InChI=1S/C29H29F2N3O2/c1-2-19-6-5-7-20(12-19)17-32-18-28(35)27(15-21-13-22(30)16-23(31)14-21)34-29(36)25-10-11-33-26-9-4-3-8-24(25)26/h3-14,16,27-28,32,35H,2,15,17-18H2,1H3,(H,34,36)/t27-,28-/m0/s1. The molecule has 0 spiro atoms. The van der Waals surface area contributed by atoms with Gasteiger partial charge in [-0.05, 0) is 53.8 Å². The number of hydrogen-bond donors (Lipinski definition) is 3. The molecule has 2 atom stereocenters. The van der Waals surface area contributed by atoms with E-state index in [1.165, 1.54) is 17.7 Å². The molecule has 36 heavy (non-hydrogen) atoms. The SMILES string of the molecule is CCc1cccc(CNC[C@H](O)[C@H](Cc2cc(F)cc(F)c2)NC(=O)c2ccnc3ccccc23)c1. The van der Waals surface area contributed by atoms with E-state index < -0.39 is 29.7 Å². The van der Waals surface area contributed by atoms with Crippen LogP contribution >= 0.6 is 0 Å². The van der Waals surface area contributed by atoms with Gasteiger partial charge in [0.15, 0.2) is 0 Å². The van der Waals surface area contributed by atoms with Crippen molar-refractivity contribution in [2.24, 2.45) is 0 Å². The molecule has 4 aromatic rings. The van der Waals surface area contributed by atoms with Crippen molar-refractivity contribution in [1.29, 1.82) is 0 Å². The molecule has 0 aliphatic heterocycles. The molecule has 0 aliphatic carbocycles. The predicted octanol–water partition coefficient (Wildman–Crippen LogP) is 4.57. The van der Waals surface area contributed by atoms with Crippen molar-refractivity contribution < 1.29 is 18.7 Å². The highest BCUT2D eigenvalue weighted by atomic mass is 19.1. The molecule has 0 saturated heterocycles. The summed E-state index contributed by atoms with van der Waals surface area (Å²) in [5, 5.41) is 17.8. The molecular weight excluding hydrogens is 460 g/mol. The summed E-state index contributed by atoms with van der Waals surface area (Å²) in [6.07, 6.45) is 1.52. The van der Waals surface area contributed by atoms with Crippen LogP contribution < -0.4 is 10.6 Å². The lowest BCUT2D eigenvalue weighted by Crippen LogP contribution is -2.48. The molecule has 0 unspecified atom stereocenters. The molecule has 0 radical (unpaired) electrons. The van der Waals surface area contributed by atoms with Crippen LogP contribution in [0.5, 0.6) is 0 Å². The van der Waals surface area contributed by atoms with Crippen LogP contribution in [0.4, 0.5) is 8.78 Å². The third kappa shape index (κ3) is 6.50. The molecule has 0 fully saturated rings. The lowest BCUT2D eigenvalue weighted by atomic mass is 9.99. The van der Waals surface area contributed by atoms with E-state index in [-0.39, 0.29) is 13.0 Å². The number of aryl methyl sites for hydroxylation is 1. The first-order valence-electron chi connectivity index (χ1n) is 12.0. The second-order valence-electron chi connectivity index (χ2n) is 8.81. The highest BCUT2D eigenvalue weighted by Crippen LogP contribution is 2.18. The van der Waals surface area contributed by atoms with Crippen LogP contribution in [0.2, 0.25) is 0 Å². The van der Waals surface area contributed by atoms with Gasteiger partial charge < -0.3 is 15.7 Å². The largest absolute Gasteiger partial charge is 0.390 e. The average Bonchev–Trinajstić information content (AvgIpc) is 2.87. The third-order valence-electron chi connectivity index (χ3n) is 6.13. The fraction of sp³-hybridized carbons (Fsp3) is 0.241. The lowest BCUT2D eigenvalue weighted by Gasteiger charge is -2.25. The Bertz CT molecular complexity index is 1320. The maximum absolute atomic E-state index is 13.8. The highest BCUT2D eigenvalue weighted by molar-refractivity contribution is 6.06. The number of hydrogen-bond acceptors (Lipinski definition) is 4. The number of pyridine rings is 1. The van der Waals surface area contributed by atoms with Crippen molar-refractivity contribution in [3.8, 4) is 0 Å². The minimum absolute atomic E-state index is 0.0532. The monoisotopic (exact) mass is 489 g/mol. The van der Waals surface area contributed by atoms with Crippen LogP contribution in [0, 0.1) is 11.6 Å². The summed E-state index contributed by atoms with van der Waals surface area (Å²) >= 11 is 0. The van der Waals surface area contributed by atoms with Crippen molar-refractivity contribution in [1.82, 2.24) is 15.6 Å². The van der Waals surface area contributed by atoms with Gasteiger partial charge in [0, 0.05) is 30.7 Å². The van der Waals surface area contributed by atoms with Gasteiger partial charge in [-0.3, -0.25) is 9.78 Å². The number of halogens is 2. The normalized spacial score (nSPS) is 12.9. The van der Waals surface area contributed by atoms with Crippen molar-refractivity contribution in [3.63, 3.8) is 0 Å². The molecule has 1 amide bonds. The molecule has 0 aliphatic rings. The van der Waals surface area contributed by atoms with E-state index in [0.29, 0.717) is 28.6 Å². The number of rotatable bonds is 10. The number of carbonyl (C=O) groups excluding carboxylic acids is 1. The molecule has 5 nitrogen and oxygen atoms in total. The Kier molecular flexibility index (Phi) is 8.36. The zero-order chi connectivity index (χ0) is 25.5. The van der Waals surface area contributed by atoms with E-state index in [2.05, 4.69) is 34.7 Å². The van der Waals surface area contributed by atoms with Crippen LogP contribution in [-0.2, 0) is 19.4 Å². The Morgan fingerprint density at radius 1 is 0.944 bits per heavy atom. The van der Waals surface area contributed by atoms with Gasteiger partial charge in [-0.2, -0.15) is 0 Å². The lowest BCUT2D eigenvalue weighted by molar-refractivity contribution is 0.0831. The van der Waals surface area contributed by atoms with Gasteiger partial charge in [0.2, 0.25) is 0 Å². The van der Waals surface area contributed by atoms with E-state index in [4.69, 9.17) is 0 Å². The number of benzene rings is 3. The van der Waals surface area contributed by atoms with E-state index in [9.17, 15) is 18.7 Å². The first kappa shape index (κ1) is 25.4. The number of nitrogens with zero attached hydrogens (tertiary/aromatic N) is 1. The van der Waals surface area contributed by atoms with E-state index in [0.717, 1.165) is 18.1 Å². The summed E-state index contributed by atoms with van der Waals surface area (Å²) in [5.41, 5.74) is 3.72. The van der Waals surface area contributed by atoms with Gasteiger partial charge >= 0.3 is 0 Å². The molecule has 0 bridgehead atoms. The minimum atomic E-state index is -1.01. The summed E-state index contributed by atoms with van der Waals surface area (Å²) in [6, 6.07) is 19.5. The quantitative estimate of drug-likeness (QED) is 0.305. The van der Waals surface area contributed by atoms with Crippen molar-refractivity contribution in [3.05, 3.63) is 113 Å². The van der Waals surface area contributed by atoms with Crippen LogP contribution in [0.1, 0.15) is 34.0 Å². The van der Waals surface area contributed by atoms with Gasteiger partial charge in [-0.15, -0.1) is 0 Å². The summed E-state index contributed by atoms with van der Waals surface area (Å²) in [5.74, 6) is -1.82. The third-order valence-corrected chi connectivity index (χ3v) is 6.13. The summed E-state index contributed by atoms with van der Waals surface area (Å²) < 4.78 is 27.6. The maximum atomic E-state index is 13.8. The fourth-order valence-electron chi connectivity index (χ4n) is 4.27. The first-order valence-corrected chi connectivity index (χ1v) is 12.0. The number of aliphatic hydroxyl groups is 1. The van der Waals surface area contributed by atoms with Gasteiger partial charge in [0.25, 0.3) is 5.91 Å². The summed E-state index contributed by atoms with van der Waals surface area (Å²) in [4.78, 5) is 17.5. The van der Waals surface area contributed by atoms with E-state index in [1.54, 1.807) is 18.3 Å². The number of aliphatic hydroxyl groups excluding tert-OH is 1. The Hall–Kier alpha value is -3.68. The topological polar surface area (TPSA) is 74.2 Å². The Balaban J connectivity index is 1.51. The second-order valence-corrected chi connectivity index (χ2v) is 8.81. The van der Waals surface area contributed by atoms with E-state index in [1.807, 2.05) is 30.3 Å². The Morgan fingerprint density at radius 3 is 2.47 bits per heavy atom. The van der Waals surface area contributed by atoms with Gasteiger partial charge in [0.05, 0.1) is 23.2 Å². The fourth-order valence-corrected chi connectivity index (χ4v) is 4.27. The van der Waals surface area contributed by atoms with Crippen LogP contribution in [0.3, 0.4) is 0 Å². The van der Waals surface area contributed by atoms with Crippen molar-refractivity contribution >= 4 is 16.8 Å².